The number of benzene rings is 1. The van der Waals surface area contributed by atoms with Gasteiger partial charge in [0.2, 0.25) is 0 Å². The Morgan fingerprint density at radius 3 is 2.33 bits per heavy atom. The molecule has 0 heterocycles. The maximum atomic E-state index is 11.3. The van der Waals surface area contributed by atoms with Crippen LogP contribution in [-0.2, 0) is 9.53 Å². The van der Waals surface area contributed by atoms with Gasteiger partial charge in [0, 0.05) is 5.56 Å². The summed E-state index contributed by atoms with van der Waals surface area (Å²) in [6.07, 6.45) is -2.20. The molecule has 2 N–H and O–H groups in total. The zero-order valence-electron chi connectivity index (χ0n) is 7.79. The Bertz CT molecular complexity index is 344. The minimum atomic E-state index is -2.20. The first-order valence-corrected chi connectivity index (χ1v) is 4.22. The van der Waals surface area contributed by atoms with E-state index in [0.717, 1.165) is 0 Å². The topological polar surface area (TPSA) is 83.8 Å². The second kappa shape index (κ2) is 5.23. The van der Waals surface area contributed by atoms with E-state index in [1.807, 2.05) is 0 Å². The molecule has 0 radical (unpaired) electrons. The first kappa shape index (κ1) is 11.4. The number of aliphatic hydroxyl groups excluding tert-OH is 1. The van der Waals surface area contributed by atoms with Crippen LogP contribution in [0.3, 0.4) is 0 Å². The summed E-state index contributed by atoms with van der Waals surface area (Å²) < 4.78 is 4.33. The van der Waals surface area contributed by atoms with E-state index in [-0.39, 0.29) is 0 Å². The minimum absolute atomic E-state index is 0.399. The average Bonchev–Trinajstić information content (AvgIpc) is 2.26. The highest BCUT2D eigenvalue weighted by molar-refractivity contribution is 5.97. The molecule has 0 spiro atoms. The smallest absolute Gasteiger partial charge is 0.363 e. The molecular formula is C10H10O5. The average molecular weight is 210 g/mol. The third-order valence-corrected chi connectivity index (χ3v) is 1.65. The van der Waals surface area contributed by atoms with Crippen LogP contribution in [0.4, 0.5) is 0 Å². The van der Waals surface area contributed by atoms with Gasteiger partial charge in [0.05, 0.1) is 0 Å². The molecule has 1 aromatic carbocycles. The molecule has 1 rings (SSSR count). The number of Topliss-reactive ketones (excluding diaryl/α,β-unsaturated/α-hetero) is 1. The molecule has 5 nitrogen and oxygen atoms in total. The Morgan fingerprint density at radius 2 is 1.80 bits per heavy atom. The molecule has 0 aromatic heterocycles. The van der Waals surface area contributed by atoms with E-state index in [1.165, 1.54) is 0 Å². The molecule has 5 heteroatoms. The molecule has 0 aliphatic heterocycles. The molecule has 0 unspecified atom stereocenters. The van der Waals surface area contributed by atoms with Gasteiger partial charge in [-0.1, -0.05) is 30.3 Å². The fraction of sp³-hybridized carbons (Fsp3) is 0.200. The summed E-state index contributed by atoms with van der Waals surface area (Å²) in [6, 6.07) is 8.25. The maximum Gasteiger partial charge on any atom is 0.363 e. The SMILES string of the molecule is O=C(COC(=O)C(O)O)c1ccccc1. The van der Waals surface area contributed by atoms with E-state index < -0.39 is 24.6 Å². The summed E-state index contributed by atoms with van der Waals surface area (Å²) in [7, 11) is 0. The Morgan fingerprint density at radius 1 is 1.20 bits per heavy atom. The third kappa shape index (κ3) is 3.49. The molecule has 0 aliphatic carbocycles. The Labute approximate surface area is 85.9 Å². The number of hydrogen-bond donors (Lipinski definition) is 2. The molecular weight excluding hydrogens is 200 g/mol. The fourth-order valence-electron chi connectivity index (χ4n) is 0.919. The molecule has 0 fully saturated rings. The van der Waals surface area contributed by atoms with Crippen LogP contribution in [0.2, 0.25) is 0 Å². The van der Waals surface area contributed by atoms with Crippen molar-refractivity contribution in [2.75, 3.05) is 6.61 Å². The summed E-state index contributed by atoms with van der Waals surface area (Å²) in [6.45, 7) is -0.500. The number of ketones is 1. The van der Waals surface area contributed by atoms with Crippen LogP contribution in [-0.4, -0.2) is 34.9 Å². The summed E-state index contributed by atoms with van der Waals surface area (Å²) in [5.74, 6) is -1.64. The lowest BCUT2D eigenvalue weighted by Crippen LogP contribution is -2.24. The number of ether oxygens (including phenoxy) is 1. The van der Waals surface area contributed by atoms with Crippen molar-refractivity contribution in [2.24, 2.45) is 0 Å². The van der Waals surface area contributed by atoms with E-state index >= 15 is 0 Å². The van der Waals surface area contributed by atoms with Crippen molar-refractivity contribution in [1.82, 2.24) is 0 Å². The monoisotopic (exact) mass is 210 g/mol. The zero-order valence-corrected chi connectivity index (χ0v) is 7.79. The van der Waals surface area contributed by atoms with Gasteiger partial charge < -0.3 is 14.9 Å². The highest BCUT2D eigenvalue weighted by Gasteiger charge is 2.14. The largest absolute Gasteiger partial charge is 0.454 e. The lowest BCUT2D eigenvalue weighted by molar-refractivity contribution is -0.171. The second-order valence-corrected chi connectivity index (χ2v) is 2.77. The highest BCUT2D eigenvalue weighted by Crippen LogP contribution is 2.00. The number of carbonyl (C=O) groups excluding carboxylic acids is 2. The van der Waals surface area contributed by atoms with E-state index in [2.05, 4.69) is 4.74 Å². The molecule has 15 heavy (non-hydrogen) atoms. The quantitative estimate of drug-likeness (QED) is 0.406. The van der Waals surface area contributed by atoms with Gasteiger partial charge in [-0.25, -0.2) is 4.79 Å². The first-order valence-electron chi connectivity index (χ1n) is 4.22. The van der Waals surface area contributed by atoms with Crippen molar-refractivity contribution >= 4 is 11.8 Å². The van der Waals surface area contributed by atoms with E-state index in [1.54, 1.807) is 30.3 Å². The third-order valence-electron chi connectivity index (χ3n) is 1.65. The van der Waals surface area contributed by atoms with Gasteiger partial charge in [-0.05, 0) is 0 Å². The van der Waals surface area contributed by atoms with Gasteiger partial charge in [0.15, 0.2) is 12.4 Å². The molecule has 0 bridgehead atoms. The van der Waals surface area contributed by atoms with Gasteiger partial charge in [0.1, 0.15) is 0 Å². The number of carbonyl (C=O) groups is 2. The van der Waals surface area contributed by atoms with Crippen LogP contribution in [0.15, 0.2) is 30.3 Å². The number of esters is 1. The van der Waals surface area contributed by atoms with E-state index in [0.29, 0.717) is 5.56 Å². The second-order valence-electron chi connectivity index (χ2n) is 2.77. The minimum Gasteiger partial charge on any atom is -0.454 e. The molecule has 0 atom stereocenters. The fourth-order valence-corrected chi connectivity index (χ4v) is 0.919. The molecule has 0 aliphatic rings. The summed E-state index contributed by atoms with van der Waals surface area (Å²) >= 11 is 0. The molecule has 0 saturated carbocycles. The van der Waals surface area contributed by atoms with Gasteiger partial charge in [-0.15, -0.1) is 0 Å². The maximum absolute atomic E-state index is 11.3. The lowest BCUT2D eigenvalue weighted by atomic mass is 10.1. The first-order chi connectivity index (χ1) is 7.11. The summed E-state index contributed by atoms with van der Waals surface area (Å²) in [5.41, 5.74) is 0.401. The van der Waals surface area contributed by atoms with Crippen molar-refractivity contribution < 1.29 is 24.5 Å². The van der Waals surface area contributed by atoms with Crippen LogP contribution in [0, 0.1) is 0 Å². The van der Waals surface area contributed by atoms with Crippen LogP contribution in [0.1, 0.15) is 10.4 Å². The number of rotatable bonds is 4. The summed E-state index contributed by atoms with van der Waals surface area (Å²) in [4.78, 5) is 21.9. The highest BCUT2D eigenvalue weighted by atomic mass is 16.6. The van der Waals surface area contributed by atoms with Crippen LogP contribution in [0.5, 0.6) is 0 Å². The van der Waals surface area contributed by atoms with Gasteiger partial charge in [-0.3, -0.25) is 4.79 Å². The Kier molecular flexibility index (Phi) is 3.96. The van der Waals surface area contributed by atoms with Gasteiger partial charge >= 0.3 is 5.97 Å². The molecule has 0 amide bonds. The van der Waals surface area contributed by atoms with Crippen LogP contribution < -0.4 is 0 Å². The predicted molar refractivity (Wildman–Crippen MR) is 50.0 cm³/mol. The lowest BCUT2D eigenvalue weighted by Gasteiger charge is -2.04. The van der Waals surface area contributed by atoms with Crippen molar-refractivity contribution in [3.63, 3.8) is 0 Å². The zero-order chi connectivity index (χ0) is 11.3. The van der Waals surface area contributed by atoms with Crippen LogP contribution >= 0.6 is 0 Å². The van der Waals surface area contributed by atoms with Crippen molar-refractivity contribution in [3.05, 3.63) is 35.9 Å². The van der Waals surface area contributed by atoms with Crippen molar-refractivity contribution in [2.45, 2.75) is 6.29 Å². The standard InChI is InChI=1S/C10H10O5/c11-8(6-15-10(14)9(12)13)7-4-2-1-3-5-7/h1-5,9,12-13H,6H2. The summed E-state index contributed by atoms with van der Waals surface area (Å²) in [5, 5.41) is 16.7. The van der Waals surface area contributed by atoms with E-state index in [4.69, 9.17) is 10.2 Å². The van der Waals surface area contributed by atoms with Crippen LogP contribution in [0.25, 0.3) is 0 Å². The number of aliphatic hydroxyl groups is 2. The molecule has 0 saturated heterocycles. The van der Waals surface area contributed by atoms with Gasteiger partial charge in [-0.2, -0.15) is 0 Å². The van der Waals surface area contributed by atoms with Crippen molar-refractivity contribution in [1.29, 1.82) is 0 Å². The predicted octanol–water partition coefficient (Wildman–Crippen LogP) is -0.277. The number of hydrogen-bond acceptors (Lipinski definition) is 5. The van der Waals surface area contributed by atoms with Gasteiger partial charge in [0.25, 0.3) is 6.29 Å². The normalized spacial score (nSPS) is 10.1. The van der Waals surface area contributed by atoms with E-state index in [9.17, 15) is 9.59 Å². The Balaban J connectivity index is 2.48. The molecule has 80 valence electrons. The molecule has 1 aromatic rings. The Hall–Kier alpha value is -1.72. The van der Waals surface area contributed by atoms with Crippen molar-refractivity contribution in [3.8, 4) is 0 Å².